The molecule has 1 aliphatic rings. The highest BCUT2D eigenvalue weighted by atomic mass is 28.3. The molecule has 0 radical (unpaired) electrons. The molecule has 0 N–H and O–H groups in total. The summed E-state index contributed by atoms with van der Waals surface area (Å²) in [6, 6.07) is 0. The quantitative estimate of drug-likeness (QED) is 0.520. The monoisotopic (exact) mass is 306 g/mol. The van der Waals surface area contributed by atoms with Crippen molar-refractivity contribution < 1.29 is 9.31 Å². The first-order valence-corrected chi connectivity index (χ1v) is 10.8. The summed E-state index contributed by atoms with van der Waals surface area (Å²) in [6.45, 7) is 21.8. The molecule has 1 fully saturated rings. The summed E-state index contributed by atoms with van der Waals surface area (Å²) >= 11 is 0. The smallest absolute Gasteiger partial charge is 0.400 e. The fourth-order valence-corrected chi connectivity index (χ4v) is 2.53. The lowest BCUT2D eigenvalue weighted by Gasteiger charge is -2.32. The molecule has 0 bridgehead atoms. The molecule has 0 unspecified atom stereocenters. The molecule has 0 spiro atoms. The average Bonchev–Trinajstić information content (AvgIpc) is 2.42. The Kier molecular flexibility index (Phi) is 4.95. The van der Waals surface area contributed by atoms with Crippen LogP contribution in [-0.2, 0) is 9.31 Å². The van der Waals surface area contributed by atoms with Crippen molar-refractivity contribution in [1.82, 2.24) is 0 Å². The standard InChI is InChI=1S/C17H31BO2Si/c1-14(11-12-21(9,10)15(2,3)4)13-18-19-16(5,6)17(7,8)20-18/h13H,1-10H3/b14-13-. The van der Waals surface area contributed by atoms with Crippen LogP contribution >= 0.6 is 0 Å². The summed E-state index contributed by atoms with van der Waals surface area (Å²) < 4.78 is 12.0. The van der Waals surface area contributed by atoms with Crippen LogP contribution in [-0.4, -0.2) is 26.4 Å². The Morgan fingerprint density at radius 3 is 1.86 bits per heavy atom. The maximum absolute atomic E-state index is 5.98. The molecule has 118 valence electrons. The molecule has 0 aromatic carbocycles. The van der Waals surface area contributed by atoms with Crippen LogP contribution in [0.2, 0.25) is 18.1 Å². The van der Waals surface area contributed by atoms with Gasteiger partial charge in [0.25, 0.3) is 0 Å². The minimum Gasteiger partial charge on any atom is -0.400 e. The van der Waals surface area contributed by atoms with Crippen LogP contribution in [0.25, 0.3) is 0 Å². The molecule has 1 rings (SSSR count). The van der Waals surface area contributed by atoms with Crippen molar-refractivity contribution in [2.24, 2.45) is 0 Å². The topological polar surface area (TPSA) is 18.5 Å². The van der Waals surface area contributed by atoms with E-state index in [9.17, 15) is 0 Å². The highest BCUT2D eigenvalue weighted by Gasteiger charge is 2.50. The van der Waals surface area contributed by atoms with Gasteiger partial charge in [-0.15, -0.1) is 5.54 Å². The second-order valence-electron chi connectivity index (χ2n) is 8.60. The summed E-state index contributed by atoms with van der Waals surface area (Å²) in [4.78, 5) is 0. The lowest BCUT2D eigenvalue weighted by atomic mass is 9.87. The first kappa shape index (κ1) is 18.6. The predicted molar refractivity (Wildman–Crippen MR) is 94.8 cm³/mol. The van der Waals surface area contributed by atoms with Gasteiger partial charge in [-0.05, 0) is 51.2 Å². The van der Waals surface area contributed by atoms with Gasteiger partial charge in [-0.3, -0.25) is 0 Å². The van der Waals surface area contributed by atoms with Gasteiger partial charge in [-0.2, -0.15) is 0 Å². The first-order valence-electron chi connectivity index (χ1n) is 7.75. The van der Waals surface area contributed by atoms with Gasteiger partial charge in [-0.1, -0.05) is 39.8 Å². The van der Waals surface area contributed by atoms with Crippen molar-refractivity contribution in [2.45, 2.75) is 84.7 Å². The second kappa shape index (κ2) is 5.61. The molecular weight excluding hydrogens is 275 g/mol. The zero-order chi connectivity index (χ0) is 16.7. The largest absolute Gasteiger partial charge is 0.488 e. The van der Waals surface area contributed by atoms with Crippen LogP contribution in [0.15, 0.2) is 11.5 Å². The normalized spacial score (nSPS) is 22.0. The summed E-state index contributed by atoms with van der Waals surface area (Å²) in [6.07, 6.45) is 0. The van der Waals surface area contributed by atoms with E-state index in [-0.39, 0.29) is 23.4 Å². The molecular formula is C17H31BO2Si. The van der Waals surface area contributed by atoms with E-state index in [1.165, 1.54) is 0 Å². The minimum absolute atomic E-state index is 0.282. The molecule has 1 saturated heterocycles. The zero-order valence-corrected chi connectivity index (χ0v) is 16.5. The Morgan fingerprint density at radius 1 is 1.05 bits per heavy atom. The van der Waals surface area contributed by atoms with E-state index in [1.54, 1.807) is 0 Å². The molecule has 0 aromatic rings. The number of rotatable bonds is 1. The summed E-state index contributed by atoms with van der Waals surface area (Å²) in [5.41, 5.74) is 3.97. The molecule has 0 amide bonds. The van der Waals surface area contributed by atoms with Gasteiger partial charge >= 0.3 is 7.12 Å². The van der Waals surface area contributed by atoms with Crippen molar-refractivity contribution in [3.05, 3.63) is 11.5 Å². The minimum atomic E-state index is -1.56. The molecule has 0 aromatic heterocycles. The maximum Gasteiger partial charge on any atom is 0.488 e. The molecule has 0 atom stereocenters. The molecule has 1 aliphatic heterocycles. The Labute approximate surface area is 132 Å². The van der Waals surface area contributed by atoms with Gasteiger partial charge in [0, 0.05) is 0 Å². The van der Waals surface area contributed by atoms with Gasteiger partial charge in [0.15, 0.2) is 0 Å². The van der Waals surface area contributed by atoms with E-state index in [2.05, 4.69) is 73.0 Å². The van der Waals surface area contributed by atoms with Gasteiger partial charge in [0.2, 0.25) is 0 Å². The van der Waals surface area contributed by atoms with Gasteiger partial charge < -0.3 is 9.31 Å². The Balaban J connectivity index is 2.86. The van der Waals surface area contributed by atoms with E-state index in [0.29, 0.717) is 0 Å². The Hall–Kier alpha value is -0.498. The van der Waals surface area contributed by atoms with Crippen LogP contribution in [0.4, 0.5) is 0 Å². The number of hydrogen-bond acceptors (Lipinski definition) is 2. The summed E-state index contributed by atoms with van der Waals surface area (Å²) in [5.74, 6) is 5.32. The van der Waals surface area contributed by atoms with Crippen molar-refractivity contribution in [2.75, 3.05) is 0 Å². The van der Waals surface area contributed by atoms with Crippen molar-refractivity contribution in [3.63, 3.8) is 0 Å². The molecule has 0 aliphatic carbocycles. The Bertz CT molecular complexity index is 471. The van der Waals surface area contributed by atoms with Crippen LogP contribution in [0.5, 0.6) is 0 Å². The summed E-state index contributed by atoms with van der Waals surface area (Å²) in [7, 11) is -1.87. The fraction of sp³-hybridized carbons (Fsp3) is 0.765. The highest BCUT2D eigenvalue weighted by Crippen LogP contribution is 2.37. The van der Waals surface area contributed by atoms with Gasteiger partial charge in [0.1, 0.15) is 8.07 Å². The van der Waals surface area contributed by atoms with E-state index < -0.39 is 8.07 Å². The van der Waals surface area contributed by atoms with Crippen molar-refractivity contribution in [3.8, 4) is 11.5 Å². The van der Waals surface area contributed by atoms with Crippen molar-refractivity contribution in [1.29, 1.82) is 0 Å². The molecule has 4 heteroatoms. The van der Waals surface area contributed by atoms with Crippen molar-refractivity contribution >= 4 is 15.2 Å². The first-order chi connectivity index (χ1) is 9.18. The van der Waals surface area contributed by atoms with Crippen LogP contribution in [0, 0.1) is 11.5 Å². The molecule has 1 heterocycles. The Morgan fingerprint density at radius 2 is 1.48 bits per heavy atom. The number of allylic oxidation sites excluding steroid dienone is 1. The highest BCUT2D eigenvalue weighted by molar-refractivity contribution is 6.87. The second-order valence-corrected chi connectivity index (χ2v) is 13.6. The summed E-state index contributed by atoms with van der Waals surface area (Å²) in [5, 5.41) is 0.282. The third-order valence-corrected chi connectivity index (χ3v) is 9.60. The molecule has 21 heavy (non-hydrogen) atoms. The van der Waals surface area contributed by atoms with Gasteiger partial charge in [0.05, 0.1) is 11.2 Å². The van der Waals surface area contributed by atoms with E-state index in [1.807, 2.05) is 12.9 Å². The predicted octanol–water partition coefficient (Wildman–Crippen LogP) is 4.62. The van der Waals surface area contributed by atoms with E-state index >= 15 is 0 Å². The van der Waals surface area contributed by atoms with Crippen LogP contribution < -0.4 is 0 Å². The lowest BCUT2D eigenvalue weighted by molar-refractivity contribution is 0.00578. The fourth-order valence-electron chi connectivity index (χ4n) is 1.64. The third kappa shape index (κ3) is 4.25. The van der Waals surface area contributed by atoms with Crippen LogP contribution in [0.3, 0.4) is 0 Å². The van der Waals surface area contributed by atoms with Crippen LogP contribution in [0.1, 0.15) is 55.4 Å². The maximum atomic E-state index is 5.98. The zero-order valence-electron chi connectivity index (χ0n) is 15.5. The molecule has 0 saturated carbocycles. The average molecular weight is 306 g/mol. The third-order valence-electron chi connectivity index (χ3n) is 5.10. The lowest BCUT2D eigenvalue weighted by Crippen LogP contribution is -2.41. The van der Waals surface area contributed by atoms with E-state index in [4.69, 9.17) is 9.31 Å². The SMILES string of the molecule is C/C(C#C[Si](C)(C)C(C)(C)C)=C/B1OC(C)(C)C(C)(C)O1. The van der Waals surface area contributed by atoms with E-state index in [0.717, 1.165) is 5.57 Å². The van der Waals surface area contributed by atoms with Gasteiger partial charge in [-0.25, -0.2) is 0 Å². The number of hydrogen-bond donors (Lipinski definition) is 0. The molecule has 2 nitrogen and oxygen atoms in total.